The first kappa shape index (κ1) is 32.3. The second kappa shape index (κ2) is 13.9. The molecule has 3 heteroatoms. The quantitative estimate of drug-likeness (QED) is 0.157. The standard InChI is InChI=1S/C52H36N2O/c1-5-18-37(19-6-1)40-23-17-28-43(36-40)53(41-24-9-3-10-25-41)47-33-35-49-51(50-45-30-14-13-22-39(45)32-34-48(50)55-49)52(47)54(42-26-11-4-12-27-42)46-31-16-15-29-44(46)38-20-7-2-8-21-38/h1-36H. The van der Waals surface area contributed by atoms with Crippen molar-refractivity contribution in [1.29, 1.82) is 0 Å². The molecule has 0 atom stereocenters. The van der Waals surface area contributed by atoms with Gasteiger partial charge in [0.25, 0.3) is 0 Å². The highest BCUT2D eigenvalue weighted by Crippen LogP contribution is 2.53. The van der Waals surface area contributed by atoms with Gasteiger partial charge in [0.15, 0.2) is 0 Å². The zero-order chi connectivity index (χ0) is 36.6. The predicted octanol–water partition coefficient (Wildman–Crippen LogP) is 15.0. The maximum absolute atomic E-state index is 6.82. The molecule has 1 heterocycles. The van der Waals surface area contributed by atoms with Crippen LogP contribution in [0, 0.1) is 0 Å². The van der Waals surface area contributed by atoms with Crippen LogP contribution in [-0.2, 0) is 0 Å². The molecular formula is C52H36N2O. The van der Waals surface area contributed by atoms with Crippen molar-refractivity contribution >= 4 is 66.8 Å². The van der Waals surface area contributed by atoms with Gasteiger partial charge in [-0.3, -0.25) is 0 Å². The topological polar surface area (TPSA) is 19.6 Å². The molecule has 9 aromatic carbocycles. The van der Waals surface area contributed by atoms with E-state index in [2.05, 4.69) is 228 Å². The van der Waals surface area contributed by atoms with Crippen LogP contribution >= 0.6 is 0 Å². The summed E-state index contributed by atoms with van der Waals surface area (Å²) in [6, 6.07) is 77.5. The fourth-order valence-electron chi connectivity index (χ4n) is 7.96. The monoisotopic (exact) mass is 704 g/mol. The maximum atomic E-state index is 6.82. The van der Waals surface area contributed by atoms with Crippen LogP contribution in [0.2, 0.25) is 0 Å². The Hall–Kier alpha value is -7.36. The molecule has 0 saturated heterocycles. The van der Waals surface area contributed by atoms with Gasteiger partial charge in [0.1, 0.15) is 11.2 Å². The third kappa shape index (κ3) is 5.80. The van der Waals surface area contributed by atoms with Crippen molar-refractivity contribution in [3.05, 3.63) is 218 Å². The van der Waals surface area contributed by atoms with Gasteiger partial charge in [-0.2, -0.15) is 0 Å². The van der Waals surface area contributed by atoms with Gasteiger partial charge in [0.2, 0.25) is 0 Å². The summed E-state index contributed by atoms with van der Waals surface area (Å²) < 4.78 is 6.82. The molecule has 0 bridgehead atoms. The largest absolute Gasteiger partial charge is 0.456 e. The van der Waals surface area contributed by atoms with Gasteiger partial charge in [0.05, 0.1) is 22.4 Å². The molecule has 0 aliphatic rings. The molecule has 1 aromatic heterocycles. The average molecular weight is 705 g/mol. The Morgan fingerprint density at radius 3 is 1.62 bits per heavy atom. The van der Waals surface area contributed by atoms with Crippen molar-refractivity contribution in [2.24, 2.45) is 0 Å². The lowest BCUT2D eigenvalue weighted by atomic mass is 9.98. The Labute approximate surface area is 320 Å². The first-order valence-corrected chi connectivity index (χ1v) is 18.7. The van der Waals surface area contributed by atoms with Gasteiger partial charge >= 0.3 is 0 Å². The third-order valence-electron chi connectivity index (χ3n) is 10.4. The lowest BCUT2D eigenvalue weighted by Gasteiger charge is -2.34. The van der Waals surface area contributed by atoms with Gasteiger partial charge in [0, 0.05) is 28.0 Å². The fraction of sp³-hybridized carbons (Fsp3) is 0. The van der Waals surface area contributed by atoms with Crippen LogP contribution in [0.25, 0.3) is 55.0 Å². The summed E-state index contributed by atoms with van der Waals surface area (Å²) >= 11 is 0. The van der Waals surface area contributed by atoms with E-state index in [-0.39, 0.29) is 0 Å². The molecular weight excluding hydrogens is 669 g/mol. The Morgan fingerprint density at radius 1 is 0.327 bits per heavy atom. The molecule has 0 aliphatic carbocycles. The first-order valence-electron chi connectivity index (χ1n) is 18.7. The minimum absolute atomic E-state index is 0.828. The molecule has 0 unspecified atom stereocenters. The van der Waals surface area contributed by atoms with Gasteiger partial charge in [-0.05, 0) is 88.1 Å². The molecule has 0 fully saturated rings. The minimum Gasteiger partial charge on any atom is -0.456 e. The highest BCUT2D eigenvalue weighted by Gasteiger charge is 2.29. The molecule has 0 N–H and O–H groups in total. The van der Waals surface area contributed by atoms with Gasteiger partial charge < -0.3 is 14.2 Å². The predicted molar refractivity (Wildman–Crippen MR) is 231 cm³/mol. The number of rotatable bonds is 8. The fourth-order valence-corrected chi connectivity index (χ4v) is 7.96. The van der Waals surface area contributed by atoms with Gasteiger partial charge in [-0.1, -0.05) is 158 Å². The molecule has 0 aliphatic heterocycles. The summed E-state index contributed by atoms with van der Waals surface area (Å²) in [6.07, 6.45) is 0. The number of para-hydroxylation sites is 3. The van der Waals surface area contributed by atoms with E-state index in [0.29, 0.717) is 0 Å². The Bertz CT molecular complexity index is 2920. The lowest BCUT2D eigenvalue weighted by molar-refractivity contribution is 0.669. The number of nitrogens with zero attached hydrogens (tertiary/aromatic N) is 2. The van der Waals surface area contributed by atoms with Crippen LogP contribution in [0.1, 0.15) is 0 Å². The van der Waals surface area contributed by atoms with E-state index in [1.165, 1.54) is 10.9 Å². The number of anilines is 6. The van der Waals surface area contributed by atoms with Crippen molar-refractivity contribution < 1.29 is 4.42 Å². The normalized spacial score (nSPS) is 11.3. The summed E-state index contributed by atoms with van der Waals surface area (Å²) in [4.78, 5) is 4.83. The molecule has 0 saturated carbocycles. The molecule has 55 heavy (non-hydrogen) atoms. The summed E-state index contributed by atoms with van der Waals surface area (Å²) in [5, 5.41) is 4.46. The van der Waals surface area contributed by atoms with E-state index in [0.717, 1.165) is 78.1 Å². The Morgan fingerprint density at radius 2 is 0.873 bits per heavy atom. The summed E-state index contributed by atoms with van der Waals surface area (Å²) in [6.45, 7) is 0. The third-order valence-corrected chi connectivity index (χ3v) is 10.4. The van der Waals surface area contributed by atoms with Crippen LogP contribution < -0.4 is 9.80 Å². The number of fused-ring (bicyclic) bond motifs is 5. The van der Waals surface area contributed by atoms with E-state index in [1.54, 1.807) is 0 Å². The van der Waals surface area contributed by atoms with E-state index >= 15 is 0 Å². The zero-order valence-electron chi connectivity index (χ0n) is 30.1. The minimum atomic E-state index is 0.828. The molecule has 0 radical (unpaired) electrons. The lowest BCUT2D eigenvalue weighted by Crippen LogP contribution is -2.18. The van der Waals surface area contributed by atoms with Crippen LogP contribution in [0.5, 0.6) is 0 Å². The van der Waals surface area contributed by atoms with E-state index in [9.17, 15) is 0 Å². The summed E-state index contributed by atoms with van der Waals surface area (Å²) in [7, 11) is 0. The van der Waals surface area contributed by atoms with Gasteiger partial charge in [-0.15, -0.1) is 0 Å². The molecule has 10 rings (SSSR count). The van der Waals surface area contributed by atoms with Gasteiger partial charge in [-0.25, -0.2) is 0 Å². The first-order chi connectivity index (χ1) is 27.3. The Balaban J connectivity index is 1.37. The second-order valence-electron chi connectivity index (χ2n) is 13.7. The van der Waals surface area contributed by atoms with Crippen LogP contribution in [0.4, 0.5) is 34.1 Å². The number of hydrogen-bond acceptors (Lipinski definition) is 3. The summed E-state index contributed by atoms with van der Waals surface area (Å²) in [5.74, 6) is 0. The number of furan rings is 1. The molecule has 0 spiro atoms. The number of hydrogen-bond donors (Lipinski definition) is 0. The number of benzene rings is 9. The van der Waals surface area contributed by atoms with Crippen LogP contribution in [-0.4, -0.2) is 0 Å². The smallest absolute Gasteiger partial charge is 0.137 e. The highest BCUT2D eigenvalue weighted by atomic mass is 16.3. The molecule has 260 valence electrons. The SMILES string of the molecule is c1ccc(-c2cccc(N(c3ccccc3)c3ccc4oc5ccc6ccccc6c5c4c3N(c3ccccc3)c3ccccc3-c3ccccc3)c2)cc1. The molecule has 10 aromatic rings. The Kier molecular flexibility index (Phi) is 8.16. The van der Waals surface area contributed by atoms with Crippen molar-refractivity contribution in [2.45, 2.75) is 0 Å². The van der Waals surface area contributed by atoms with Crippen molar-refractivity contribution in [3.63, 3.8) is 0 Å². The molecule has 0 amide bonds. The summed E-state index contributed by atoms with van der Waals surface area (Å²) in [5.41, 5.74) is 12.5. The second-order valence-corrected chi connectivity index (χ2v) is 13.7. The van der Waals surface area contributed by atoms with Crippen LogP contribution in [0.3, 0.4) is 0 Å². The van der Waals surface area contributed by atoms with Crippen molar-refractivity contribution in [3.8, 4) is 22.3 Å². The van der Waals surface area contributed by atoms with Crippen molar-refractivity contribution in [2.75, 3.05) is 9.80 Å². The molecule has 3 nitrogen and oxygen atoms in total. The van der Waals surface area contributed by atoms with E-state index in [4.69, 9.17) is 4.42 Å². The van der Waals surface area contributed by atoms with Crippen LogP contribution in [0.15, 0.2) is 223 Å². The van der Waals surface area contributed by atoms with Crippen molar-refractivity contribution in [1.82, 2.24) is 0 Å². The zero-order valence-corrected chi connectivity index (χ0v) is 30.1. The maximum Gasteiger partial charge on any atom is 0.137 e. The average Bonchev–Trinajstić information content (AvgIpc) is 3.66. The van der Waals surface area contributed by atoms with E-state index in [1.807, 2.05) is 0 Å². The van der Waals surface area contributed by atoms with E-state index < -0.39 is 0 Å². The highest BCUT2D eigenvalue weighted by molar-refractivity contribution is 6.25.